The van der Waals surface area contributed by atoms with Gasteiger partial charge in [-0.05, 0) is 42.8 Å². The van der Waals surface area contributed by atoms with E-state index < -0.39 is 14.4 Å². The van der Waals surface area contributed by atoms with Crippen molar-refractivity contribution >= 4 is 8.32 Å². The minimum atomic E-state index is -1.74. The van der Waals surface area contributed by atoms with Crippen molar-refractivity contribution in [2.45, 2.75) is 64.6 Å². The molecule has 0 saturated carbocycles. The van der Waals surface area contributed by atoms with E-state index >= 15 is 0 Å². The van der Waals surface area contributed by atoms with Gasteiger partial charge >= 0.3 is 0 Å². The molecule has 0 unspecified atom stereocenters. The molecule has 0 saturated heterocycles. The highest BCUT2D eigenvalue weighted by atomic mass is 28.4. The molecule has 1 rings (SSSR count). The highest BCUT2D eigenvalue weighted by Gasteiger charge is 2.37. The lowest BCUT2D eigenvalue weighted by molar-refractivity contribution is 0.0503. The van der Waals surface area contributed by atoms with Crippen molar-refractivity contribution in [3.05, 3.63) is 66.3 Å². The van der Waals surface area contributed by atoms with E-state index in [4.69, 9.17) is 13.9 Å². The molecular weight excluding hydrogens is 380 g/mol. The molecule has 0 heterocycles. The van der Waals surface area contributed by atoms with Crippen LogP contribution in [0.3, 0.4) is 0 Å². The predicted molar refractivity (Wildman–Crippen MR) is 124 cm³/mol. The van der Waals surface area contributed by atoms with Crippen LogP contribution in [0.5, 0.6) is 5.75 Å². The van der Waals surface area contributed by atoms with E-state index in [1.165, 1.54) is 0 Å². The Morgan fingerprint density at radius 2 is 1.59 bits per heavy atom. The van der Waals surface area contributed by atoms with Crippen LogP contribution in [0, 0.1) is 0 Å². The van der Waals surface area contributed by atoms with E-state index in [-0.39, 0.29) is 17.7 Å². The average molecular weight is 419 g/mol. The third-order valence-corrected chi connectivity index (χ3v) is 9.63. The minimum absolute atomic E-state index is 0.0847. The highest BCUT2D eigenvalue weighted by Crippen LogP contribution is 2.37. The summed E-state index contributed by atoms with van der Waals surface area (Å²) in [4.78, 5) is 0. The summed E-state index contributed by atoms with van der Waals surface area (Å²) in [7, 11) is -0.102. The second-order valence-corrected chi connectivity index (χ2v) is 13.4. The van der Waals surface area contributed by atoms with Gasteiger partial charge in [-0.2, -0.15) is 0 Å². The number of hydrogen-bond donors (Lipinski definition) is 1. The summed E-state index contributed by atoms with van der Waals surface area (Å²) in [6.07, 6.45) is 10.9. The molecule has 1 aromatic carbocycles. The molecule has 0 aliphatic rings. The Hall–Kier alpha value is -1.66. The van der Waals surface area contributed by atoms with Crippen molar-refractivity contribution in [2.75, 3.05) is 13.7 Å². The first-order valence-electron chi connectivity index (χ1n) is 10.1. The Morgan fingerprint density at radius 1 is 1.00 bits per heavy atom. The lowest BCUT2D eigenvalue weighted by Gasteiger charge is -2.37. The number of aliphatic hydroxyl groups is 1. The molecule has 162 valence electrons. The van der Waals surface area contributed by atoms with Crippen LogP contribution in [0.1, 0.15) is 33.3 Å². The molecule has 0 aromatic heterocycles. The summed E-state index contributed by atoms with van der Waals surface area (Å²) in [5.41, 5.74) is 1.04. The van der Waals surface area contributed by atoms with Crippen LogP contribution in [0.25, 0.3) is 0 Å². The van der Waals surface area contributed by atoms with Gasteiger partial charge in [-0.1, -0.05) is 69.4 Å². The van der Waals surface area contributed by atoms with E-state index in [9.17, 15) is 5.11 Å². The topological polar surface area (TPSA) is 47.9 Å². The molecule has 5 heteroatoms. The van der Waals surface area contributed by atoms with Crippen molar-refractivity contribution in [1.82, 2.24) is 0 Å². The number of methoxy groups -OCH3 is 1. The van der Waals surface area contributed by atoms with Crippen LogP contribution >= 0.6 is 0 Å². The van der Waals surface area contributed by atoms with E-state index in [2.05, 4.69) is 46.9 Å². The Bertz CT molecular complexity index is 669. The van der Waals surface area contributed by atoms with Crippen molar-refractivity contribution < 1.29 is 19.0 Å². The number of hydrogen-bond acceptors (Lipinski definition) is 4. The summed E-state index contributed by atoms with van der Waals surface area (Å²) in [6.45, 7) is 14.0. The van der Waals surface area contributed by atoms with Crippen LogP contribution in [0.15, 0.2) is 60.7 Å². The molecule has 0 amide bonds. The number of ether oxygens (including phenoxy) is 2. The van der Waals surface area contributed by atoms with Crippen molar-refractivity contribution in [1.29, 1.82) is 0 Å². The maximum absolute atomic E-state index is 9.96. The van der Waals surface area contributed by atoms with Crippen LogP contribution < -0.4 is 4.74 Å². The van der Waals surface area contributed by atoms with Gasteiger partial charge in [0, 0.05) is 0 Å². The summed E-state index contributed by atoms with van der Waals surface area (Å²) >= 11 is 0. The lowest BCUT2D eigenvalue weighted by Crippen LogP contribution is -2.42. The fourth-order valence-electron chi connectivity index (χ4n) is 2.30. The Morgan fingerprint density at radius 3 is 2.14 bits per heavy atom. The lowest BCUT2D eigenvalue weighted by atomic mass is 10.2. The fraction of sp³-hybridized carbons (Fsp3) is 0.500. The first-order chi connectivity index (χ1) is 13.5. The Kier molecular flexibility index (Phi) is 10.6. The third-order valence-electron chi connectivity index (χ3n) is 5.05. The van der Waals surface area contributed by atoms with Gasteiger partial charge in [0.1, 0.15) is 5.75 Å². The fourth-order valence-corrected chi connectivity index (χ4v) is 3.66. The molecule has 0 aliphatic heterocycles. The zero-order valence-corrected chi connectivity index (χ0v) is 20.0. The molecule has 29 heavy (non-hydrogen) atoms. The Labute approximate surface area is 178 Å². The van der Waals surface area contributed by atoms with Crippen LogP contribution in [0.2, 0.25) is 18.1 Å². The summed E-state index contributed by atoms with van der Waals surface area (Å²) < 4.78 is 16.9. The van der Waals surface area contributed by atoms with Gasteiger partial charge in [0.05, 0.1) is 32.5 Å². The SMILES string of the molecule is COc1ccc(COC[C@H](O)/C=C/C=C/C=C[C@@H](C)O[Si](C)(C)C(C)(C)C)cc1. The minimum Gasteiger partial charge on any atom is -0.497 e. The smallest absolute Gasteiger partial charge is 0.192 e. The number of benzene rings is 1. The largest absolute Gasteiger partial charge is 0.497 e. The normalized spacial score (nSPS) is 15.4. The van der Waals surface area contributed by atoms with Gasteiger partial charge in [0.15, 0.2) is 8.32 Å². The summed E-state index contributed by atoms with van der Waals surface area (Å²) in [5, 5.41) is 10.2. The second kappa shape index (κ2) is 12.1. The van der Waals surface area contributed by atoms with E-state index in [1.54, 1.807) is 13.2 Å². The molecule has 0 aliphatic carbocycles. The summed E-state index contributed by atoms with van der Waals surface area (Å²) in [6, 6.07) is 7.69. The second-order valence-electron chi connectivity index (χ2n) is 8.67. The maximum Gasteiger partial charge on any atom is 0.192 e. The third kappa shape index (κ3) is 10.1. The first kappa shape index (κ1) is 25.4. The molecule has 1 N–H and O–H groups in total. The van der Waals surface area contributed by atoms with Crippen LogP contribution in [-0.2, 0) is 15.8 Å². The number of rotatable bonds is 11. The standard InChI is InChI=1S/C24H38O4Si/c1-20(28-29(6,7)24(2,3)4)12-10-8-9-11-13-22(25)19-27-18-21-14-16-23(26-5)17-15-21/h8-17,20,22,25H,18-19H2,1-7H3/b9-8+,12-10?,13-11+/t20-,22-/m1/s1. The monoisotopic (exact) mass is 418 g/mol. The van der Waals surface area contributed by atoms with Gasteiger partial charge in [0.2, 0.25) is 0 Å². The maximum atomic E-state index is 9.96. The van der Waals surface area contributed by atoms with E-state index in [0.717, 1.165) is 11.3 Å². The van der Waals surface area contributed by atoms with E-state index in [0.29, 0.717) is 6.61 Å². The molecule has 0 radical (unpaired) electrons. The van der Waals surface area contributed by atoms with Gasteiger partial charge in [-0.15, -0.1) is 0 Å². The average Bonchev–Trinajstić information content (AvgIpc) is 2.63. The molecule has 4 nitrogen and oxygen atoms in total. The first-order valence-corrected chi connectivity index (χ1v) is 13.0. The molecule has 0 spiro atoms. The van der Waals surface area contributed by atoms with Gasteiger partial charge < -0.3 is 19.0 Å². The molecule has 0 bridgehead atoms. The van der Waals surface area contributed by atoms with Crippen LogP contribution in [0.4, 0.5) is 0 Å². The van der Waals surface area contributed by atoms with Crippen LogP contribution in [-0.4, -0.2) is 39.3 Å². The molecule has 1 aromatic rings. The molecule has 0 fully saturated rings. The van der Waals surface area contributed by atoms with Crippen molar-refractivity contribution in [2.24, 2.45) is 0 Å². The van der Waals surface area contributed by atoms with Crippen molar-refractivity contribution in [3.8, 4) is 5.75 Å². The zero-order chi connectivity index (χ0) is 21.9. The van der Waals surface area contributed by atoms with Gasteiger partial charge in [-0.3, -0.25) is 0 Å². The van der Waals surface area contributed by atoms with Gasteiger partial charge in [0.25, 0.3) is 0 Å². The van der Waals surface area contributed by atoms with Crippen molar-refractivity contribution in [3.63, 3.8) is 0 Å². The van der Waals surface area contributed by atoms with Gasteiger partial charge in [-0.25, -0.2) is 0 Å². The predicted octanol–water partition coefficient (Wildman–Crippen LogP) is 5.65. The highest BCUT2D eigenvalue weighted by molar-refractivity contribution is 6.74. The zero-order valence-electron chi connectivity index (χ0n) is 19.0. The quantitative estimate of drug-likeness (QED) is 0.372. The number of aliphatic hydroxyl groups excluding tert-OH is 1. The molecule has 2 atom stereocenters. The van der Waals surface area contributed by atoms with E-state index in [1.807, 2.05) is 48.6 Å². The summed E-state index contributed by atoms with van der Waals surface area (Å²) in [5.74, 6) is 0.818. The number of allylic oxidation sites excluding steroid dienone is 4. The Balaban J connectivity index is 2.30. The molecular formula is C24H38O4Si.